The lowest BCUT2D eigenvalue weighted by Gasteiger charge is -2.29. The summed E-state index contributed by atoms with van der Waals surface area (Å²) in [6, 6.07) is 10.8. The van der Waals surface area contributed by atoms with Crippen LogP contribution in [0.25, 0.3) is 0 Å². The van der Waals surface area contributed by atoms with Gasteiger partial charge in [0, 0.05) is 6.04 Å². The highest BCUT2D eigenvalue weighted by atomic mass is 16.3. The summed E-state index contributed by atoms with van der Waals surface area (Å²) in [6.45, 7) is 2.57. The van der Waals surface area contributed by atoms with Gasteiger partial charge in [-0.15, -0.1) is 0 Å². The van der Waals surface area contributed by atoms with Crippen molar-refractivity contribution < 1.29 is 5.11 Å². The maximum Gasteiger partial charge on any atom is 0.0590 e. The number of aliphatic hydroxyl groups is 1. The first kappa shape index (κ1) is 12.6. The van der Waals surface area contributed by atoms with E-state index in [0.29, 0.717) is 6.04 Å². The van der Waals surface area contributed by atoms with Gasteiger partial charge >= 0.3 is 0 Å². The van der Waals surface area contributed by atoms with E-state index in [2.05, 4.69) is 29.2 Å². The molecule has 1 heterocycles. The molecule has 0 bridgehead atoms. The molecular weight excluding hydrogens is 210 g/mol. The highest BCUT2D eigenvalue weighted by molar-refractivity contribution is 5.16. The number of likely N-dealkylation sites (tertiary alicyclic amines) is 1. The quantitative estimate of drug-likeness (QED) is 0.863. The maximum atomic E-state index is 9.59. The van der Waals surface area contributed by atoms with Gasteiger partial charge in [0.05, 0.1) is 6.61 Å². The monoisotopic (exact) mass is 233 g/mol. The van der Waals surface area contributed by atoms with Gasteiger partial charge in [-0.05, 0) is 37.9 Å². The lowest BCUT2D eigenvalue weighted by atomic mass is 10.0. The van der Waals surface area contributed by atoms with Crippen molar-refractivity contribution in [1.29, 1.82) is 0 Å². The highest BCUT2D eigenvalue weighted by Gasteiger charge is 2.19. The summed E-state index contributed by atoms with van der Waals surface area (Å²) in [5, 5.41) is 9.59. The molecule has 0 aliphatic carbocycles. The molecule has 17 heavy (non-hydrogen) atoms. The van der Waals surface area contributed by atoms with Crippen LogP contribution in [0.5, 0.6) is 0 Å². The Morgan fingerprint density at radius 2 is 1.65 bits per heavy atom. The van der Waals surface area contributed by atoms with Crippen LogP contribution in [0.2, 0.25) is 0 Å². The van der Waals surface area contributed by atoms with Gasteiger partial charge in [-0.25, -0.2) is 0 Å². The molecule has 2 rings (SSSR count). The Labute approximate surface area is 104 Å². The highest BCUT2D eigenvalue weighted by Crippen LogP contribution is 2.15. The fourth-order valence-corrected chi connectivity index (χ4v) is 2.66. The molecule has 0 saturated carbocycles. The number of hydrogen-bond acceptors (Lipinski definition) is 2. The van der Waals surface area contributed by atoms with E-state index in [4.69, 9.17) is 0 Å². The molecule has 1 aliphatic heterocycles. The topological polar surface area (TPSA) is 23.5 Å². The van der Waals surface area contributed by atoms with Crippen molar-refractivity contribution in [3.8, 4) is 0 Å². The third-order valence-electron chi connectivity index (χ3n) is 3.68. The number of aliphatic hydroxyl groups excluding tert-OH is 1. The molecule has 0 unspecified atom stereocenters. The van der Waals surface area contributed by atoms with Crippen molar-refractivity contribution >= 4 is 0 Å². The lowest BCUT2D eigenvalue weighted by Crippen LogP contribution is -2.40. The summed E-state index contributed by atoms with van der Waals surface area (Å²) in [4.78, 5) is 2.47. The van der Waals surface area contributed by atoms with Crippen LogP contribution in [0.4, 0.5) is 0 Å². The van der Waals surface area contributed by atoms with E-state index in [9.17, 15) is 5.11 Å². The molecular formula is C15H23NO. The first-order valence-corrected chi connectivity index (χ1v) is 6.79. The molecule has 1 aromatic rings. The lowest BCUT2D eigenvalue weighted by molar-refractivity contribution is 0.126. The van der Waals surface area contributed by atoms with Crippen molar-refractivity contribution in [2.24, 2.45) is 0 Å². The van der Waals surface area contributed by atoms with Crippen molar-refractivity contribution in [3.05, 3.63) is 35.9 Å². The Morgan fingerprint density at radius 3 is 2.24 bits per heavy atom. The number of rotatable bonds is 4. The standard InChI is InChI=1S/C15H23NO/c17-13-15(12-14-8-4-3-5-9-14)16-10-6-1-2-7-11-16/h3-5,8-9,15,17H,1-2,6-7,10-13H2/t15-/m1/s1. The van der Waals surface area contributed by atoms with E-state index in [1.165, 1.54) is 31.2 Å². The van der Waals surface area contributed by atoms with E-state index < -0.39 is 0 Å². The second kappa shape index (κ2) is 6.77. The molecule has 0 radical (unpaired) electrons. The number of benzene rings is 1. The molecule has 2 heteroatoms. The van der Waals surface area contributed by atoms with Crippen LogP contribution < -0.4 is 0 Å². The van der Waals surface area contributed by atoms with Crippen LogP contribution in [-0.2, 0) is 6.42 Å². The zero-order valence-corrected chi connectivity index (χ0v) is 10.5. The van der Waals surface area contributed by atoms with Crippen LogP contribution in [-0.4, -0.2) is 35.7 Å². The Bertz CT molecular complexity index is 304. The number of nitrogens with zero attached hydrogens (tertiary/aromatic N) is 1. The molecule has 0 amide bonds. The summed E-state index contributed by atoms with van der Waals surface area (Å²) in [5.41, 5.74) is 1.33. The summed E-state index contributed by atoms with van der Waals surface area (Å²) < 4.78 is 0. The van der Waals surface area contributed by atoms with Gasteiger partial charge < -0.3 is 5.11 Å². The minimum Gasteiger partial charge on any atom is -0.395 e. The van der Waals surface area contributed by atoms with Gasteiger partial charge in [-0.3, -0.25) is 4.90 Å². The predicted octanol–water partition coefficient (Wildman–Crippen LogP) is 2.47. The van der Waals surface area contributed by atoms with Crippen LogP contribution in [0.1, 0.15) is 31.2 Å². The van der Waals surface area contributed by atoms with Gasteiger partial charge in [-0.1, -0.05) is 43.2 Å². The molecule has 1 fully saturated rings. The molecule has 94 valence electrons. The molecule has 2 nitrogen and oxygen atoms in total. The molecule has 1 aromatic carbocycles. The summed E-state index contributed by atoms with van der Waals surface area (Å²) >= 11 is 0. The summed E-state index contributed by atoms with van der Waals surface area (Å²) in [7, 11) is 0. The Balaban J connectivity index is 1.95. The van der Waals surface area contributed by atoms with Crippen LogP contribution >= 0.6 is 0 Å². The molecule has 0 spiro atoms. The minimum absolute atomic E-state index is 0.273. The predicted molar refractivity (Wildman–Crippen MR) is 71.1 cm³/mol. The third-order valence-corrected chi connectivity index (χ3v) is 3.68. The average molecular weight is 233 g/mol. The fraction of sp³-hybridized carbons (Fsp3) is 0.600. The third kappa shape index (κ3) is 3.83. The van der Waals surface area contributed by atoms with Crippen molar-refractivity contribution in [2.75, 3.05) is 19.7 Å². The van der Waals surface area contributed by atoms with Crippen molar-refractivity contribution in [2.45, 2.75) is 38.1 Å². The van der Waals surface area contributed by atoms with Crippen LogP contribution in [0, 0.1) is 0 Å². The number of hydrogen-bond donors (Lipinski definition) is 1. The average Bonchev–Trinajstić information content (AvgIpc) is 2.66. The second-order valence-electron chi connectivity index (χ2n) is 4.98. The van der Waals surface area contributed by atoms with E-state index in [0.717, 1.165) is 19.5 Å². The minimum atomic E-state index is 0.273. The van der Waals surface area contributed by atoms with Gasteiger partial charge in [0.15, 0.2) is 0 Å². The normalized spacial score (nSPS) is 19.8. The van der Waals surface area contributed by atoms with Gasteiger partial charge in [0.25, 0.3) is 0 Å². The van der Waals surface area contributed by atoms with E-state index in [1.54, 1.807) is 0 Å². The molecule has 1 N–H and O–H groups in total. The van der Waals surface area contributed by atoms with Gasteiger partial charge in [-0.2, -0.15) is 0 Å². The van der Waals surface area contributed by atoms with E-state index in [-0.39, 0.29) is 6.61 Å². The Morgan fingerprint density at radius 1 is 1.00 bits per heavy atom. The zero-order valence-electron chi connectivity index (χ0n) is 10.5. The van der Waals surface area contributed by atoms with Crippen molar-refractivity contribution in [1.82, 2.24) is 4.90 Å². The summed E-state index contributed by atoms with van der Waals surface area (Å²) in [6.07, 6.45) is 6.23. The smallest absolute Gasteiger partial charge is 0.0590 e. The zero-order chi connectivity index (χ0) is 11.9. The van der Waals surface area contributed by atoms with Gasteiger partial charge in [0.2, 0.25) is 0 Å². The van der Waals surface area contributed by atoms with E-state index in [1.807, 2.05) is 6.07 Å². The largest absolute Gasteiger partial charge is 0.395 e. The summed E-state index contributed by atoms with van der Waals surface area (Å²) in [5.74, 6) is 0. The first-order chi connectivity index (χ1) is 8.40. The second-order valence-corrected chi connectivity index (χ2v) is 4.98. The molecule has 1 aliphatic rings. The maximum absolute atomic E-state index is 9.59. The van der Waals surface area contributed by atoms with Crippen LogP contribution in [0.15, 0.2) is 30.3 Å². The van der Waals surface area contributed by atoms with Crippen LogP contribution in [0.3, 0.4) is 0 Å². The molecule has 0 aromatic heterocycles. The Hall–Kier alpha value is -0.860. The van der Waals surface area contributed by atoms with Gasteiger partial charge in [0.1, 0.15) is 0 Å². The Kier molecular flexibility index (Phi) is 5.02. The molecule has 1 atom stereocenters. The first-order valence-electron chi connectivity index (χ1n) is 6.79. The SMILES string of the molecule is OC[C@@H](Cc1ccccc1)N1CCCCCC1. The molecule has 1 saturated heterocycles. The van der Waals surface area contributed by atoms with E-state index >= 15 is 0 Å². The van der Waals surface area contributed by atoms with Crippen molar-refractivity contribution in [3.63, 3.8) is 0 Å². The fourth-order valence-electron chi connectivity index (χ4n) is 2.66.